The number of hydrogen-bond donors (Lipinski definition) is 3. The summed E-state index contributed by atoms with van der Waals surface area (Å²) in [5.41, 5.74) is 2.43. The molecule has 0 saturated carbocycles. The largest absolute Gasteiger partial charge is 0.332 e. The fourth-order valence-corrected chi connectivity index (χ4v) is 3.17. The molecule has 0 aliphatic carbocycles. The minimum Gasteiger partial charge on any atom is -0.332 e. The van der Waals surface area contributed by atoms with Crippen molar-refractivity contribution in [3.63, 3.8) is 0 Å². The quantitative estimate of drug-likeness (QED) is 0.731. The van der Waals surface area contributed by atoms with Gasteiger partial charge in [-0.1, -0.05) is 24.3 Å². The molecule has 1 unspecified atom stereocenters. The maximum absolute atomic E-state index is 13.6. The molecule has 3 N–H and O–H groups in total. The number of halogens is 2. The van der Waals surface area contributed by atoms with Crippen molar-refractivity contribution in [1.82, 2.24) is 15.5 Å². The van der Waals surface area contributed by atoms with Crippen molar-refractivity contribution in [2.24, 2.45) is 0 Å². The Morgan fingerprint density at radius 1 is 1.21 bits per heavy atom. The Morgan fingerprint density at radius 2 is 2.00 bits per heavy atom. The number of urea groups is 1. The van der Waals surface area contributed by atoms with Gasteiger partial charge in [-0.15, -0.1) is 12.4 Å². The van der Waals surface area contributed by atoms with Gasteiger partial charge in [-0.25, -0.2) is 9.18 Å². The van der Waals surface area contributed by atoms with Crippen molar-refractivity contribution in [3.8, 4) is 0 Å². The summed E-state index contributed by atoms with van der Waals surface area (Å²) in [7, 11) is 0. The van der Waals surface area contributed by atoms with Crippen molar-refractivity contribution >= 4 is 30.0 Å². The number of nitrogens with zero attached hydrogens (tertiary/aromatic N) is 1. The van der Waals surface area contributed by atoms with Crippen LogP contribution < -0.4 is 16.0 Å². The van der Waals surface area contributed by atoms with Crippen LogP contribution in [-0.4, -0.2) is 43.0 Å². The molecule has 0 spiro atoms. The first-order valence-electron chi connectivity index (χ1n) is 8.90. The van der Waals surface area contributed by atoms with E-state index >= 15 is 0 Å². The number of benzene rings is 2. The molecule has 0 aromatic heterocycles. The lowest BCUT2D eigenvalue weighted by Gasteiger charge is -2.36. The molecule has 1 atom stereocenters. The molecule has 0 radical (unpaired) electrons. The lowest BCUT2D eigenvalue weighted by Crippen LogP contribution is -2.51. The number of rotatable bonds is 4. The van der Waals surface area contributed by atoms with Gasteiger partial charge in [-0.3, -0.25) is 4.79 Å². The van der Waals surface area contributed by atoms with E-state index in [1.807, 2.05) is 25.1 Å². The summed E-state index contributed by atoms with van der Waals surface area (Å²) in [5, 5.41) is 8.53. The Kier molecular flexibility index (Phi) is 7.78. The predicted molar refractivity (Wildman–Crippen MR) is 109 cm³/mol. The third-order valence-corrected chi connectivity index (χ3v) is 4.47. The van der Waals surface area contributed by atoms with Crippen LogP contribution in [0.25, 0.3) is 0 Å². The number of nitrogens with one attached hydrogen (secondary N) is 3. The standard InChI is InChI=1S/C20H23FN4O2.ClH/c1-14-4-2-7-17(10-14)24-20(27)23-13-19(26)25-9-8-22-12-18(25)15-5-3-6-16(21)11-15;/h2-7,10-11,18,22H,8-9,12-13H2,1H3,(H2,23,24,27);1H. The Bertz CT molecular complexity index is 833. The normalized spacial score (nSPS) is 16.1. The topological polar surface area (TPSA) is 73.5 Å². The molecule has 3 rings (SSSR count). The summed E-state index contributed by atoms with van der Waals surface area (Å²) in [6, 6.07) is 13.0. The van der Waals surface area contributed by atoms with Crippen molar-refractivity contribution in [3.05, 3.63) is 65.5 Å². The third kappa shape index (κ3) is 5.68. The van der Waals surface area contributed by atoms with Crippen LogP contribution in [0.4, 0.5) is 14.9 Å². The van der Waals surface area contributed by atoms with Crippen LogP contribution in [0.5, 0.6) is 0 Å². The highest BCUT2D eigenvalue weighted by atomic mass is 35.5. The van der Waals surface area contributed by atoms with Gasteiger partial charge in [-0.05, 0) is 42.3 Å². The molecule has 8 heteroatoms. The monoisotopic (exact) mass is 406 g/mol. The number of carbonyl (C=O) groups excluding carboxylic acids is 2. The average molecular weight is 407 g/mol. The number of hydrogen-bond acceptors (Lipinski definition) is 3. The molecule has 1 aliphatic heterocycles. The molecule has 28 heavy (non-hydrogen) atoms. The smallest absolute Gasteiger partial charge is 0.319 e. The van der Waals surface area contributed by atoms with Crippen LogP contribution in [0.1, 0.15) is 17.2 Å². The van der Waals surface area contributed by atoms with Crippen LogP contribution in [0.2, 0.25) is 0 Å². The number of aryl methyl sites for hydroxylation is 1. The second kappa shape index (κ2) is 10.1. The maximum Gasteiger partial charge on any atom is 0.319 e. The summed E-state index contributed by atoms with van der Waals surface area (Å²) in [4.78, 5) is 26.4. The molecule has 3 amide bonds. The average Bonchev–Trinajstić information content (AvgIpc) is 2.66. The highest BCUT2D eigenvalue weighted by molar-refractivity contribution is 5.92. The minimum atomic E-state index is -0.439. The molecule has 1 heterocycles. The second-order valence-electron chi connectivity index (χ2n) is 6.54. The molecule has 2 aromatic carbocycles. The van der Waals surface area contributed by atoms with E-state index in [0.717, 1.165) is 11.1 Å². The summed E-state index contributed by atoms with van der Waals surface area (Å²) in [5.74, 6) is -0.536. The van der Waals surface area contributed by atoms with Crippen LogP contribution in [-0.2, 0) is 4.79 Å². The fourth-order valence-electron chi connectivity index (χ4n) is 3.17. The number of carbonyl (C=O) groups is 2. The van der Waals surface area contributed by atoms with E-state index in [4.69, 9.17) is 0 Å². The first-order chi connectivity index (χ1) is 13.0. The van der Waals surface area contributed by atoms with Gasteiger partial charge in [0.1, 0.15) is 5.82 Å². The van der Waals surface area contributed by atoms with Gasteiger partial charge in [0, 0.05) is 25.3 Å². The van der Waals surface area contributed by atoms with Gasteiger partial charge in [0.15, 0.2) is 0 Å². The molecule has 2 aromatic rings. The molecule has 1 aliphatic rings. The fraction of sp³-hybridized carbons (Fsp3) is 0.300. The third-order valence-electron chi connectivity index (χ3n) is 4.47. The van der Waals surface area contributed by atoms with Gasteiger partial charge in [0.05, 0.1) is 12.6 Å². The molecule has 1 saturated heterocycles. The van der Waals surface area contributed by atoms with Crippen LogP contribution in [0, 0.1) is 12.7 Å². The van der Waals surface area contributed by atoms with Crippen molar-refractivity contribution < 1.29 is 14.0 Å². The molecule has 0 bridgehead atoms. The van der Waals surface area contributed by atoms with Gasteiger partial charge in [-0.2, -0.15) is 0 Å². The number of piperazine rings is 1. The number of anilines is 1. The Morgan fingerprint density at radius 3 is 2.75 bits per heavy atom. The van der Waals surface area contributed by atoms with E-state index in [2.05, 4.69) is 16.0 Å². The molecular formula is C20H24ClFN4O2. The molecule has 1 fully saturated rings. The highest BCUT2D eigenvalue weighted by Crippen LogP contribution is 2.22. The predicted octanol–water partition coefficient (Wildman–Crippen LogP) is 2.85. The maximum atomic E-state index is 13.6. The summed E-state index contributed by atoms with van der Waals surface area (Å²) in [6.45, 7) is 3.52. The van der Waals surface area contributed by atoms with E-state index in [1.165, 1.54) is 12.1 Å². The van der Waals surface area contributed by atoms with E-state index in [1.54, 1.807) is 23.1 Å². The Hall–Kier alpha value is -2.64. The lowest BCUT2D eigenvalue weighted by molar-refractivity contribution is -0.133. The van der Waals surface area contributed by atoms with Gasteiger partial charge in [0.25, 0.3) is 0 Å². The van der Waals surface area contributed by atoms with Gasteiger partial charge >= 0.3 is 6.03 Å². The SMILES string of the molecule is Cc1cccc(NC(=O)NCC(=O)N2CCNCC2c2cccc(F)c2)c1.Cl. The van der Waals surface area contributed by atoms with Crippen molar-refractivity contribution in [2.75, 3.05) is 31.5 Å². The van der Waals surface area contributed by atoms with E-state index in [0.29, 0.717) is 25.3 Å². The first kappa shape index (κ1) is 21.7. The number of amides is 3. The Labute approximate surface area is 169 Å². The van der Waals surface area contributed by atoms with E-state index < -0.39 is 6.03 Å². The highest BCUT2D eigenvalue weighted by Gasteiger charge is 2.28. The summed E-state index contributed by atoms with van der Waals surface area (Å²) < 4.78 is 13.6. The molecule has 6 nitrogen and oxygen atoms in total. The van der Waals surface area contributed by atoms with Crippen LogP contribution in [0.3, 0.4) is 0 Å². The Balaban J connectivity index is 0.00000280. The zero-order chi connectivity index (χ0) is 19.2. The van der Waals surface area contributed by atoms with Gasteiger partial charge in [0.2, 0.25) is 5.91 Å². The van der Waals surface area contributed by atoms with E-state index in [9.17, 15) is 14.0 Å². The first-order valence-corrected chi connectivity index (χ1v) is 8.90. The van der Waals surface area contributed by atoms with Gasteiger partial charge < -0.3 is 20.9 Å². The minimum absolute atomic E-state index is 0. The zero-order valence-electron chi connectivity index (χ0n) is 15.6. The zero-order valence-corrected chi connectivity index (χ0v) is 16.4. The lowest BCUT2D eigenvalue weighted by atomic mass is 10.0. The summed E-state index contributed by atoms with van der Waals surface area (Å²) in [6.07, 6.45) is 0. The second-order valence-corrected chi connectivity index (χ2v) is 6.54. The van der Waals surface area contributed by atoms with Crippen molar-refractivity contribution in [1.29, 1.82) is 0 Å². The van der Waals surface area contributed by atoms with E-state index in [-0.39, 0.29) is 36.7 Å². The molecular weight excluding hydrogens is 383 g/mol. The van der Waals surface area contributed by atoms with Crippen LogP contribution in [0.15, 0.2) is 48.5 Å². The van der Waals surface area contributed by atoms with Crippen molar-refractivity contribution in [2.45, 2.75) is 13.0 Å². The summed E-state index contributed by atoms with van der Waals surface area (Å²) >= 11 is 0. The molecule has 150 valence electrons. The van der Waals surface area contributed by atoms with Crippen LogP contribution >= 0.6 is 12.4 Å².